The van der Waals surface area contributed by atoms with E-state index in [0.29, 0.717) is 5.92 Å². The molecule has 3 aromatic rings. The molecule has 1 aromatic heterocycles. The number of likely N-dealkylation sites (tertiary alicyclic amines) is 1. The summed E-state index contributed by atoms with van der Waals surface area (Å²) in [6, 6.07) is 22.6. The minimum absolute atomic E-state index is 0.239. The Morgan fingerprint density at radius 2 is 1.66 bits per heavy atom. The molecule has 0 radical (unpaired) electrons. The van der Waals surface area contributed by atoms with E-state index in [0.717, 1.165) is 62.2 Å². The van der Waals surface area contributed by atoms with Gasteiger partial charge in [0, 0.05) is 24.7 Å². The van der Waals surface area contributed by atoms with E-state index in [1.54, 1.807) is 0 Å². The molecule has 0 bridgehead atoms. The van der Waals surface area contributed by atoms with Gasteiger partial charge < -0.3 is 9.42 Å². The molecular formula is C25H26N2O2. The molecule has 2 aliphatic rings. The standard InChI is InChI=1S/C25H26N2O2/c28-24(27-15-11-20(12-16-27)17-19-7-3-1-4-8-19)25(13-14-25)23-18-22(29-26-23)21-9-5-2-6-10-21/h1-10,18,20H,11-17H2. The van der Waals surface area contributed by atoms with Crippen molar-refractivity contribution in [2.45, 2.75) is 37.5 Å². The van der Waals surface area contributed by atoms with Gasteiger partial charge in [-0.2, -0.15) is 0 Å². The third-order valence-corrected chi connectivity index (χ3v) is 6.49. The molecule has 4 heteroatoms. The molecule has 0 unspecified atom stereocenters. The highest BCUT2D eigenvalue weighted by Gasteiger charge is 2.55. The molecule has 1 saturated heterocycles. The number of benzene rings is 2. The SMILES string of the molecule is O=C(N1CCC(Cc2ccccc2)CC1)C1(c2cc(-c3ccccc3)on2)CC1. The van der Waals surface area contributed by atoms with Gasteiger partial charge in [-0.3, -0.25) is 4.79 Å². The predicted molar refractivity (Wildman–Crippen MR) is 112 cm³/mol. The number of nitrogens with zero attached hydrogens (tertiary/aromatic N) is 2. The van der Waals surface area contributed by atoms with Crippen LogP contribution in [0.4, 0.5) is 0 Å². The lowest BCUT2D eigenvalue weighted by atomic mass is 9.89. The largest absolute Gasteiger partial charge is 0.356 e. The molecule has 2 aromatic carbocycles. The maximum absolute atomic E-state index is 13.3. The lowest BCUT2D eigenvalue weighted by Crippen LogP contribution is -2.44. The van der Waals surface area contributed by atoms with Gasteiger partial charge in [-0.25, -0.2) is 0 Å². The molecule has 1 saturated carbocycles. The number of aromatic nitrogens is 1. The molecule has 4 nitrogen and oxygen atoms in total. The molecule has 0 atom stereocenters. The first-order valence-corrected chi connectivity index (χ1v) is 10.6. The molecule has 29 heavy (non-hydrogen) atoms. The van der Waals surface area contributed by atoms with Gasteiger partial charge in [-0.15, -0.1) is 0 Å². The minimum Gasteiger partial charge on any atom is -0.356 e. The zero-order chi connectivity index (χ0) is 19.7. The molecule has 148 valence electrons. The van der Waals surface area contributed by atoms with Crippen LogP contribution in [-0.2, 0) is 16.6 Å². The third kappa shape index (κ3) is 3.59. The monoisotopic (exact) mass is 386 g/mol. The van der Waals surface area contributed by atoms with Crippen molar-refractivity contribution in [2.24, 2.45) is 5.92 Å². The van der Waals surface area contributed by atoms with Crippen LogP contribution in [0.3, 0.4) is 0 Å². The number of amides is 1. The molecule has 1 amide bonds. The summed E-state index contributed by atoms with van der Waals surface area (Å²) >= 11 is 0. The molecule has 1 aliphatic heterocycles. The fourth-order valence-electron chi connectivity index (χ4n) is 4.53. The zero-order valence-corrected chi connectivity index (χ0v) is 16.6. The van der Waals surface area contributed by atoms with E-state index in [4.69, 9.17) is 4.52 Å². The number of carbonyl (C=O) groups is 1. The van der Waals surface area contributed by atoms with Crippen molar-refractivity contribution in [3.63, 3.8) is 0 Å². The number of hydrogen-bond acceptors (Lipinski definition) is 3. The fourth-order valence-corrected chi connectivity index (χ4v) is 4.53. The van der Waals surface area contributed by atoms with Crippen LogP contribution in [0.25, 0.3) is 11.3 Å². The van der Waals surface area contributed by atoms with Crippen LogP contribution in [0.2, 0.25) is 0 Å². The van der Waals surface area contributed by atoms with Gasteiger partial charge in [0.15, 0.2) is 5.76 Å². The zero-order valence-electron chi connectivity index (χ0n) is 16.6. The van der Waals surface area contributed by atoms with Crippen LogP contribution in [0, 0.1) is 5.92 Å². The van der Waals surface area contributed by atoms with E-state index < -0.39 is 5.41 Å². The van der Waals surface area contributed by atoms with Crippen molar-refractivity contribution in [1.29, 1.82) is 0 Å². The smallest absolute Gasteiger partial charge is 0.234 e. The summed E-state index contributed by atoms with van der Waals surface area (Å²) in [6.45, 7) is 1.70. The molecule has 2 fully saturated rings. The van der Waals surface area contributed by atoms with Gasteiger partial charge in [0.1, 0.15) is 0 Å². The van der Waals surface area contributed by atoms with E-state index in [1.165, 1.54) is 5.56 Å². The summed E-state index contributed by atoms with van der Waals surface area (Å²) in [6.07, 6.45) is 5.00. The Kier molecular flexibility index (Phi) is 4.70. The highest BCUT2D eigenvalue weighted by atomic mass is 16.5. The maximum Gasteiger partial charge on any atom is 0.234 e. The number of hydrogen-bond donors (Lipinski definition) is 0. The van der Waals surface area contributed by atoms with Gasteiger partial charge >= 0.3 is 0 Å². The third-order valence-electron chi connectivity index (χ3n) is 6.49. The number of rotatable bonds is 5. The highest BCUT2D eigenvalue weighted by Crippen LogP contribution is 2.50. The Morgan fingerprint density at radius 3 is 2.31 bits per heavy atom. The van der Waals surface area contributed by atoms with E-state index in [-0.39, 0.29) is 5.91 Å². The van der Waals surface area contributed by atoms with E-state index in [2.05, 4.69) is 40.4 Å². The average Bonchev–Trinajstić information content (AvgIpc) is 3.44. The Balaban J connectivity index is 1.24. The molecule has 0 spiro atoms. The molecule has 2 heterocycles. The van der Waals surface area contributed by atoms with Crippen molar-refractivity contribution in [2.75, 3.05) is 13.1 Å². The summed E-state index contributed by atoms with van der Waals surface area (Å²) in [7, 11) is 0. The van der Waals surface area contributed by atoms with Gasteiger partial charge in [0.2, 0.25) is 5.91 Å². The van der Waals surface area contributed by atoms with Crippen LogP contribution in [-0.4, -0.2) is 29.1 Å². The van der Waals surface area contributed by atoms with Gasteiger partial charge in [0.05, 0.1) is 11.1 Å². The first kappa shape index (κ1) is 18.2. The molecule has 0 N–H and O–H groups in total. The van der Waals surface area contributed by atoms with Crippen LogP contribution in [0.15, 0.2) is 71.3 Å². The predicted octanol–water partition coefficient (Wildman–Crippen LogP) is 4.85. The van der Waals surface area contributed by atoms with Crippen LogP contribution >= 0.6 is 0 Å². The average molecular weight is 386 g/mol. The number of piperidine rings is 1. The molecule has 1 aliphatic carbocycles. The lowest BCUT2D eigenvalue weighted by molar-refractivity contribution is -0.135. The van der Waals surface area contributed by atoms with Crippen molar-refractivity contribution in [3.8, 4) is 11.3 Å². The van der Waals surface area contributed by atoms with Gasteiger partial charge in [-0.05, 0) is 43.6 Å². The van der Waals surface area contributed by atoms with Crippen LogP contribution in [0.1, 0.15) is 36.9 Å². The van der Waals surface area contributed by atoms with E-state index in [1.807, 2.05) is 36.4 Å². The van der Waals surface area contributed by atoms with Crippen molar-refractivity contribution in [3.05, 3.63) is 78.0 Å². The second-order valence-corrected chi connectivity index (χ2v) is 8.45. The van der Waals surface area contributed by atoms with Gasteiger partial charge in [-0.1, -0.05) is 65.8 Å². The second kappa shape index (κ2) is 7.51. The van der Waals surface area contributed by atoms with E-state index in [9.17, 15) is 4.79 Å². The summed E-state index contributed by atoms with van der Waals surface area (Å²) < 4.78 is 5.58. The highest BCUT2D eigenvalue weighted by molar-refractivity contribution is 5.91. The lowest BCUT2D eigenvalue weighted by Gasteiger charge is -2.34. The second-order valence-electron chi connectivity index (χ2n) is 8.45. The first-order valence-electron chi connectivity index (χ1n) is 10.6. The molecule has 5 rings (SSSR count). The Labute approximate surface area is 171 Å². The van der Waals surface area contributed by atoms with Crippen LogP contribution in [0.5, 0.6) is 0 Å². The quantitative estimate of drug-likeness (QED) is 0.629. The Hall–Kier alpha value is -2.88. The van der Waals surface area contributed by atoms with Gasteiger partial charge in [0.25, 0.3) is 0 Å². The minimum atomic E-state index is -0.456. The molecular weight excluding hydrogens is 360 g/mol. The summed E-state index contributed by atoms with van der Waals surface area (Å²) in [5.41, 5.74) is 2.74. The Bertz CT molecular complexity index is 968. The van der Waals surface area contributed by atoms with Crippen LogP contribution < -0.4 is 0 Å². The van der Waals surface area contributed by atoms with Crippen molar-refractivity contribution < 1.29 is 9.32 Å². The number of carbonyl (C=O) groups excluding carboxylic acids is 1. The van der Waals surface area contributed by atoms with Crippen molar-refractivity contribution >= 4 is 5.91 Å². The topological polar surface area (TPSA) is 46.3 Å². The van der Waals surface area contributed by atoms with Crippen molar-refractivity contribution in [1.82, 2.24) is 10.1 Å². The summed E-state index contributed by atoms with van der Waals surface area (Å²) in [4.78, 5) is 15.4. The Morgan fingerprint density at radius 1 is 1.00 bits per heavy atom. The summed E-state index contributed by atoms with van der Waals surface area (Å²) in [5.74, 6) is 1.64. The normalized spacial score (nSPS) is 18.6. The fraction of sp³-hybridized carbons (Fsp3) is 0.360. The first-order chi connectivity index (χ1) is 14.2. The van der Waals surface area contributed by atoms with E-state index >= 15 is 0 Å². The maximum atomic E-state index is 13.3. The summed E-state index contributed by atoms with van der Waals surface area (Å²) in [5, 5.41) is 4.29.